The first-order chi connectivity index (χ1) is 10.2. The van der Waals surface area contributed by atoms with Crippen LogP contribution in [0.15, 0.2) is 53.1 Å². The minimum absolute atomic E-state index is 0.635. The fraction of sp³-hybridized carbons (Fsp3) is 0.0625. The number of nitrogen functional groups attached to an aromatic ring is 1. The summed E-state index contributed by atoms with van der Waals surface area (Å²) in [6, 6.07) is 13.0. The molecule has 2 aromatic carbocycles. The second-order valence-corrected chi connectivity index (χ2v) is 5.37. The predicted molar refractivity (Wildman–Crippen MR) is 86.9 cm³/mol. The highest BCUT2D eigenvalue weighted by Gasteiger charge is 2.10. The average Bonchev–Trinajstić information content (AvgIpc) is 2.51. The molecule has 0 unspecified atom stereocenters. The molecular formula is C16H13BrN2O2. The summed E-state index contributed by atoms with van der Waals surface area (Å²) in [6.07, 6.45) is 1.72. The number of rotatable bonds is 3. The van der Waals surface area contributed by atoms with E-state index in [0.717, 1.165) is 9.86 Å². The van der Waals surface area contributed by atoms with Gasteiger partial charge in [0.25, 0.3) is 0 Å². The molecule has 0 amide bonds. The Kier molecular flexibility index (Phi) is 3.66. The Labute approximate surface area is 130 Å². The third kappa shape index (κ3) is 2.64. The van der Waals surface area contributed by atoms with E-state index in [2.05, 4.69) is 20.9 Å². The number of pyridine rings is 1. The summed E-state index contributed by atoms with van der Waals surface area (Å²) >= 11 is 3.40. The van der Waals surface area contributed by atoms with Crippen molar-refractivity contribution < 1.29 is 9.47 Å². The van der Waals surface area contributed by atoms with E-state index in [0.29, 0.717) is 28.5 Å². The lowest BCUT2D eigenvalue weighted by atomic mass is 10.1. The van der Waals surface area contributed by atoms with E-state index in [1.165, 1.54) is 0 Å². The molecular weight excluding hydrogens is 332 g/mol. The molecule has 0 radical (unpaired) electrons. The maximum absolute atomic E-state index is 6.00. The Morgan fingerprint density at radius 2 is 1.81 bits per heavy atom. The van der Waals surface area contributed by atoms with E-state index in [4.69, 9.17) is 15.2 Å². The molecule has 0 spiro atoms. The number of fused-ring (bicyclic) bond motifs is 1. The van der Waals surface area contributed by atoms with E-state index in [9.17, 15) is 0 Å². The van der Waals surface area contributed by atoms with E-state index in [-0.39, 0.29) is 0 Å². The van der Waals surface area contributed by atoms with Gasteiger partial charge in [-0.15, -0.1) is 0 Å². The third-order valence-electron chi connectivity index (χ3n) is 3.10. The van der Waals surface area contributed by atoms with Gasteiger partial charge in [0.15, 0.2) is 17.2 Å². The van der Waals surface area contributed by atoms with Crippen LogP contribution in [0.5, 0.6) is 17.2 Å². The average molecular weight is 345 g/mol. The van der Waals surface area contributed by atoms with Crippen molar-refractivity contribution in [2.75, 3.05) is 12.8 Å². The van der Waals surface area contributed by atoms with Gasteiger partial charge in [-0.25, -0.2) is 0 Å². The number of para-hydroxylation sites is 2. The Bertz CT molecular complexity index is 805. The third-order valence-corrected chi connectivity index (χ3v) is 3.54. The lowest BCUT2D eigenvalue weighted by Crippen LogP contribution is -1.94. The molecule has 0 aliphatic heterocycles. The lowest BCUT2D eigenvalue weighted by molar-refractivity contribution is 0.380. The summed E-state index contributed by atoms with van der Waals surface area (Å²) in [7, 11) is 1.61. The van der Waals surface area contributed by atoms with Crippen LogP contribution in [0.25, 0.3) is 10.9 Å². The van der Waals surface area contributed by atoms with Crippen molar-refractivity contribution in [3.05, 3.63) is 53.1 Å². The molecule has 106 valence electrons. The van der Waals surface area contributed by atoms with E-state index < -0.39 is 0 Å². The van der Waals surface area contributed by atoms with E-state index in [1.807, 2.05) is 36.4 Å². The van der Waals surface area contributed by atoms with Crippen LogP contribution in [0.1, 0.15) is 0 Å². The second-order valence-electron chi connectivity index (χ2n) is 4.46. The second kappa shape index (κ2) is 5.61. The molecule has 21 heavy (non-hydrogen) atoms. The first kappa shape index (κ1) is 13.7. The van der Waals surface area contributed by atoms with Crippen molar-refractivity contribution in [1.82, 2.24) is 4.98 Å². The lowest BCUT2D eigenvalue weighted by Gasteiger charge is -2.12. The highest BCUT2D eigenvalue weighted by atomic mass is 79.9. The smallest absolute Gasteiger partial charge is 0.169 e. The summed E-state index contributed by atoms with van der Waals surface area (Å²) in [5, 5.41) is 0.844. The fourth-order valence-electron chi connectivity index (χ4n) is 2.09. The van der Waals surface area contributed by atoms with Gasteiger partial charge in [-0.3, -0.25) is 4.98 Å². The van der Waals surface area contributed by atoms with Gasteiger partial charge in [-0.2, -0.15) is 0 Å². The van der Waals surface area contributed by atoms with Crippen molar-refractivity contribution in [2.24, 2.45) is 0 Å². The fourth-order valence-corrected chi connectivity index (χ4v) is 2.43. The SMILES string of the molecule is COc1ccccc1Oc1ccc(N)c2cc(Br)cnc12. The molecule has 4 nitrogen and oxygen atoms in total. The van der Waals surface area contributed by atoms with Crippen LogP contribution in [0.2, 0.25) is 0 Å². The highest BCUT2D eigenvalue weighted by Crippen LogP contribution is 2.36. The van der Waals surface area contributed by atoms with Gasteiger partial charge >= 0.3 is 0 Å². The number of methoxy groups -OCH3 is 1. The molecule has 2 N–H and O–H groups in total. The molecule has 5 heteroatoms. The highest BCUT2D eigenvalue weighted by molar-refractivity contribution is 9.10. The molecule has 0 atom stereocenters. The topological polar surface area (TPSA) is 57.4 Å². The minimum atomic E-state index is 0.635. The van der Waals surface area contributed by atoms with Gasteiger partial charge in [0.1, 0.15) is 5.52 Å². The maximum Gasteiger partial charge on any atom is 0.169 e. The first-order valence-electron chi connectivity index (χ1n) is 6.33. The normalized spacial score (nSPS) is 10.6. The first-order valence-corrected chi connectivity index (χ1v) is 7.13. The Morgan fingerprint density at radius 3 is 2.57 bits per heavy atom. The summed E-state index contributed by atoms with van der Waals surface area (Å²) in [6.45, 7) is 0. The van der Waals surface area contributed by atoms with Crippen molar-refractivity contribution >= 4 is 32.5 Å². The molecule has 0 saturated carbocycles. The monoisotopic (exact) mass is 344 g/mol. The molecule has 1 heterocycles. The van der Waals surface area contributed by atoms with Crippen LogP contribution in [0.4, 0.5) is 5.69 Å². The summed E-state index contributed by atoms with van der Waals surface area (Å²) in [5.74, 6) is 1.94. The van der Waals surface area contributed by atoms with Crippen LogP contribution in [0, 0.1) is 0 Å². The summed E-state index contributed by atoms with van der Waals surface area (Å²) in [4.78, 5) is 4.40. The van der Waals surface area contributed by atoms with Crippen LogP contribution in [-0.2, 0) is 0 Å². The van der Waals surface area contributed by atoms with Gasteiger partial charge < -0.3 is 15.2 Å². The number of nitrogens with two attached hydrogens (primary N) is 1. The molecule has 0 fully saturated rings. The number of anilines is 1. The summed E-state index contributed by atoms with van der Waals surface area (Å²) in [5.41, 5.74) is 7.37. The predicted octanol–water partition coefficient (Wildman–Crippen LogP) is 4.38. The molecule has 3 aromatic rings. The summed E-state index contributed by atoms with van der Waals surface area (Å²) < 4.78 is 12.1. The van der Waals surface area contributed by atoms with Crippen LogP contribution >= 0.6 is 15.9 Å². The largest absolute Gasteiger partial charge is 0.493 e. The number of hydrogen-bond acceptors (Lipinski definition) is 4. The van der Waals surface area contributed by atoms with Gasteiger partial charge in [0.2, 0.25) is 0 Å². The molecule has 0 bridgehead atoms. The standard InChI is InChI=1S/C16H13BrN2O2/c1-20-13-4-2-3-5-14(13)21-15-7-6-12(18)11-8-10(17)9-19-16(11)15/h2-9H,18H2,1H3. The minimum Gasteiger partial charge on any atom is -0.493 e. The number of nitrogens with zero attached hydrogens (tertiary/aromatic N) is 1. The number of ether oxygens (including phenoxy) is 2. The molecule has 0 aliphatic rings. The van der Waals surface area contributed by atoms with Crippen LogP contribution in [-0.4, -0.2) is 12.1 Å². The van der Waals surface area contributed by atoms with Crippen molar-refractivity contribution in [3.63, 3.8) is 0 Å². The van der Waals surface area contributed by atoms with Gasteiger partial charge in [0, 0.05) is 21.7 Å². The van der Waals surface area contributed by atoms with Crippen LogP contribution in [0.3, 0.4) is 0 Å². The maximum atomic E-state index is 6.00. The van der Waals surface area contributed by atoms with Crippen molar-refractivity contribution in [3.8, 4) is 17.2 Å². The van der Waals surface area contributed by atoms with E-state index in [1.54, 1.807) is 19.4 Å². The molecule has 1 aromatic heterocycles. The Balaban J connectivity index is 2.11. The molecule has 3 rings (SSSR count). The van der Waals surface area contributed by atoms with Crippen molar-refractivity contribution in [1.29, 1.82) is 0 Å². The number of hydrogen-bond donors (Lipinski definition) is 1. The number of aromatic nitrogens is 1. The number of halogens is 1. The molecule has 0 aliphatic carbocycles. The van der Waals surface area contributed by atoms with Gasteiger partial charge in [0.05, 0.1) is 7.11 Å². The zero-order valence-electron chi connectivity index (χ0n) is 11.3. The molecule has 0 saturated heterocycles. The van der Waals surface area contributed by atoms with Crippen molar-refractivity contribution in [2.45, 2.75) is 0 Å². The van der Waals surface area contributed by atoms with Gasteiger partial charge in [-0.05, 0) is 46.3 Å². The number of benzene rings is 2. The zero-order chi connectivity index (χ0) is 14.8. The quantitative estimate of drug-likeness (QED) is 0.716. The Morgan fingerprint density at radius 1 is 1.05 bits per heavy atom. The van der Waals surface area contributed by atoms with Crippen LogP contribution < -0.4 is 15.2 Å². The van der Waals surface area contributed by atoms with Gasteiger partial charge in [-0.1, -0.05) is 12.1 Å². The Hall–Kier alpha value is -2.27. The van der Waals surface area contributed by atoms with E-state index >= 15 is 0 Å². The zero-order valence-corrected chi connectivity index (χ0v) is 12.9.